The maximum Gasteiger partial charge on any atom is 0.0159 e. The van der Waals surface area contributed by atoms with Gasteiger partial charge in [-0.25, -0.2) is 0 Å². The molecule has 0 unspecified atom stereocenters. The Morgan fingerprint density at radius 1 is 0.222 bits per heavy atom. The Morgan fingerprint density at radius 3 is 0.694 bits per heavy atom. The highest BCUT2D eigenvalue weighted by molar-refractivity contribution is 6.23. The summed E-state index contributed by atoms with van der Waals surface area (Å²) in [5.41, 5.74) is 25.8. The van der Waals surface area contributed by atoms with E-state index in [9.17, 15) is 0 Å². The van der Waals surface area contributed by atoms with Crippen LogP contribution in [0.3, 0.4) is 0 Å². The third-order valence-corrected chi connectivity index (χ3v) is 16.8. The van der Waals surface area contributed by atoms with Crippen molar-refractivity contribution in [1.82, 2.24) is 0 Å². The zero-order valence-electron chi connectivity index (χ0n) is 41.8. The predicted octanol–water partition coefficient (Wildman–Crippen LogP) is 19.9. The zero-order chi connectivity index (χ0) is 48.6. The van der Waals surface area contributed by atoms with Gasteiger partial charge in [0.1, 0.15) is 0 Å². The first-order valence-electron chi connectivity index (χ1n) is 25.7. The lowest BCUT2D eigenvalue weighted by Gasteiger charge is -2.24. The molecule has 14 rings (SSSR count). The van der Waals surface area contributed by atoms with Gasteiger partial charge in [0, 0.05) is 10.8 Å². The molecule has 0 saturated heterocycles. The van der Waals surface area contributed by atoms with Gasteiger partial charge in [0.2, 0.25) is 0 Å². The fourth-order valence-corrected chi connectivity index (χ4v) is 13.1. The van der Waals surface area contributed by atoms with Crippen molar-refractivity contribution in [2.75, 3.05) is 0 Å². The van der Waals surface area contributed by atoms with Crippen LogP contribution < -0.4 is 0 Å². The molecule has 0 aromatic heterocycles. The fourth-order valence-electron chi connectivity index (χ4n) is 13.1. The monoisotopic (exact) mass is 918 g/mol. The van der Waals surface area contributed by atoms with Crippen molar-refractivity contribution in [3.63, 3.8) is 0 Å². The van der Waals surface area contributed by atoms with Gasteiger partial charge in [-0.3, -0.25) is 0 Å². The van der Waals surface area contributed by atoms with E-state index in [0.717, 1.165) is 0 Å². The van der Waals surface area contributed by atoms with Crippen molar-refractivity contribution in [2.45, 2.75) is 52.4 Å². The third kappa shape index (κ3) is 6.18. The van der Waals surface area contributed by atoms with Crippen LogP contribution in [0, 0.1) is 13.8 Å². The number of hydrogen-bond acceptors (Lipinski definition) is 0. The molecule has 12 aromatic carbocycles. The van der Waals surface area contributed by atoms with Gasteiger partial charge in [0.25, 0.3) is 0 Å². The van der Waals surface area contributed by atoms with Gasteiger partial charge in [0.15, 0.2) is 0 Å². The lowest BCUT2D eigenvalue weighted by molar-refractivity contribution is 0.660. The van der Waals surface area contributed by atoms with E-state index >= 15 is 0 Å². The molecule has 72 heavy (non-hydrogen) atoms. The van der Waals surface area contributed by atoms with Gasteiger partial charge < -0.3 is 0 Å². The quantitative estimate of drug-likeness (QED) is 0.151. The third-order valence-electron chi connectivity index (χ3n) is 16.8. The van der Waals surface area contributed by atoms with Gasteiger partial charge in [-0.2, -0.15) is 0 Å². The summed E-state index contributed by atoms with van der Waals surface area (Å²) in [6.45, 7) is 14.0. The molecule has 0 atom stereocenters. The normalized spacial score (nSPS) is 13.9. The predicted molar refractivity (Wildman–Crippen MR) is 308 cm³/mol. The largest absolute Gasteiger partial charge is 0.0616 e. The first kappa shape index (κ1) is 42.5. The topological polar surface area (TPSA) is 0 Å². The van der Waals surface area contributed by atoms with Crippen molar-refractivity contribution < 1.29 is 0 Å². The first-order valence-corrected chi connectivity index (χ1v) is 25.7. The lowest BCUT2D eigenvalue weighted by atomic mass is 9.79. The highest BCUT2D eigenvalue weighted by Gasteiger charge is 2.38. The molecule has 2 aliphatic rings. The molecule has 0 heterocycles. The van der Waals surface area contributed by atoms with Crippen LogP contribution in [0.2, 0.25) is 0 Å². The van der Waals surface area contributed by atoms with E-state index in [1.54, 1.807) is 0 Å². The SMILES string of the molecule is Cc1ccc(-c2c3ccccc3c(-c3ccc4c(c3)C(C)(C)c3cc(-c5ccc6c(c5)C(C)(C)c5cc(-c7c8ccccc8c(-c8ccc(C)cc8)c8ccccc78)ccc5-6)ccc3-4)c3ccccc23)cc1. The molecule has 0 heteroatoms. The van der Waals surface area contributed by atoms with Crippen molar-refractivity contribution in [3.8, 4) is 77.9 Å². The minimum atomic E-state index is -0.195. The second-order valence-corrected chi connectivity index (χ2v) is 21.7. The molecule has 0 spiro atoms. The van der Waals surface area contributed by atoms with Crippen LogP contribution in [0.4, 0.5) is 0 Å². The highest BCUT2D eigenvalue weighted by atomic mass is 14.4. The Kier molecular flexibility index (Phi) is 9.21. The van der Waals surface area contributed by atoms with Crippen molar-refractivity contribution in [1.29, 1.82) is 0 Å². The Balaban J connectivity index is 0.836. The number of fused-ring (bicyclic) bond motifs is 10. The Morgan fingerprint density at radius 2 is 0.431 bits per heavy atom. The van der Waals surface area contributed by atoms with Gasteiger partial charge in [-0.15, -0.1) is 0 Å². The van der Waals surface area contributed by atoms with E-state index in [-0.39, 0.29) is 10.8 Å². The van der Waals surface area contributed by atoms with Crippen LogP contribution in [0.1, 0.15) is 61.1 Å². The average molecular weight is 919 g/mol. The summed E-state index contributed by atoms with van der Waals surface area (Å²) in [4.78, 5) is 0. The summed E-state index contributed by atoms with van der Waals surface area (Å²) in [6.07, 6.45) is 0. The van der Waals surface area contributed by atoms with Crippen LogP contribution in [0.5, 0.6) is 0 Å². The average Bonchev–Trinajstić information content (AvgIpc) is 3.78. The van der Waals surface area contributed by atoms with E-state index in [4.69, 9.17) is 0 Å². The standard InChI is InChI=1S/C72H54/c1-43-23-27-45(28-24-43)67-55-15-7-11-19-59(55)69(60-20-12-8-16-56(60)67)49-33-37-53-51-35-31-47(39-63(51)71(3,4)65(53)41-49)48-32-36-52-54-38-34-50(42-66(54)72(5,6)64(52)40-48)70-61-21-13-9-17-57(61)68(46-29-25-44(2)26-30-46)58-18-10-14-22-62(58)70/h7-42H,1-6H3. The summed E-state index contributed by atoms with van der Waals surface area (Å²) in [6, 6.07) is 83.0. The highest BCUT2D eigenvalue weighted by Crippen LogP contribution is 2.55. The zero-order valence-corrected chi connectivity index (χ0v) is 41.8. The van der Waals surface area contributed by atoms with E-state index in [1.165, 1.54) is 154 Å². The molecule has 2 aliphatic carbocycles. The Hall–Kier alpha value is -8.32. The molecule has 342 valence electrons. The molecule has 0 fully saturated rings. The van der Waals surface area contributed by atoms with Crippen molar-refractivity contribution in [2.24, 2.45) is 0 Å². The molecule has 0 saturated carbocycles. The first-order chi connectivity index (χ1) is 35.0. The molecule has 0 nitrogen and oxygen atoms in total. The van der Waals surface area contributed by atoms with Crippen LogP contribution >= 0.6 is 0 Å². The molecule has 0 radical (unpaired) electrons. The summed E-state index contributed by atoms with van der Waals surface area (Å²) >= 11 is 0. The molecular weight excluding hydrogens is 865 g/mol. The maximum absolute atomic E-state index is 2.50. The lowest BCUT2D eigenvalue weighted by Crippen LogP contribution is -2.15. The van der Waals surface area contributed by atoms with Gasteiger partial charge >= 0.3 is 0 Å². The van der Waals surface area contributed by atoms with Crippen molar-refractivity contribution >= 4 is 43.1 Å². The number of hydrogen-bond donors (Lipinski definition) is 0. The summed E-state index contributed by atoms with van der Waals surface area (Å²) in [7, 11) is 0. The second kappa shape index (κ2) is 15.6. The minimum Gasteiger partial charge on any atom is -0.0616 e. The number of benzene rings is 12. The molecular formula is C72H54. The van der Waals surface area contributed by atoms with Crippen LogP contribution in [0.25, 0.3) is 121 Å². The van der Waals surface area contributed by atoms with E-state index in [0.29, 0.717) is 0 Å². The molecule has 0 aliphatic heterocycles. The molecule has 0 N–H and O–H groups in total. The van der Waals surface area contributed by atoms with Gasteiger partial charge in [0.05, 0.1) is 0 Å². The number of rotatable bonds is 5. The summed E-state index contributed by atoms with van der Waals surface area (Å²) in [5, 5.41) is 10.3. The fraction of sp³-hybridized carbons (Fsp3) is 0.111. The van der Waals surface area contributed by atoms with Gasteiger partial charge in [-0.05, 0) is 181 Å². The van der Waals surface area contributed by atoms with Crippen LogP contribution in [-0.4, -0.2) is 0 Å². The number of aryl methyl sites for hydroxylation is 2. The molecule has 0 amide bonds. The van der Waals surface area contributed by atoms with E-state index < -0.39 is 0 Å². The summed E-state index contributed by atoms with van der Waals surface area (Å²) in [5.74, 6) is 0. The van der Waals surface area contributed by atoms with E-state index in [1.807, 2.05) is 0 Å². The molecule has 0 bridgehead atoms. The smallest absolute Gasteiger partial charge is 0.0159 e. The van der Waals surface area contributed by atoms with Crippen molar-refractivity contribution in [3.05, 3.63) is 252 Å². The van der Waals surface area contributed by atoms with E-state index in [2.05, 4.69) is 260 Å². The summed E-state index contributed by atoms with van der Waals surface area (Å²) < 4.78 is 0. The minimum absolute atomic E-state index is 0.195. The van der Waals surface area contributed by atoms with Gasteiger partial charge in [-0.1, -0.05) is 233 Å². The van der Waals surface area contributed by atoms with Crippen LogP contribution in [0.15, 0.2) is 218 Å². The maximum atomic E-state index is 2.50. The second-order valence-electron chi connectivity index (χ2n) is 21.7. The Bertz CT molecular complexity index is 3860. The Labute approximate surface area is 422 Å². The van der Waals surface area contributed by atoms with Crippen LogP contribution in [-0.2, 0) is 10.8 Å². The molecule has 12 aromatic rings.